The van der Waals surface area contributed by atoms with Crippen molar-refractivity contribution in [1.82, 2.24) is 14.6 Å². The molecule has 0 spiro atoms. The lowest BCUT2D eigenvalue weighted by Crippen LogP contribution is -2.12. The van der Waals surface area contributed by atoms with Crippen molar-refractivity contribution in [3.05, 3.63) is 24.2 Å². The van der Waals surface area contributed by atoms with Crippen molar-refractivity contribution in [2.24, 2.45) is 5.92 Å². The summed E-state index contributed by atoms with van der Waals surface area (Å²) in [5.74, 6) is 1.57. The molecular formula is C15H24N4. The molecule has 2 rings (SSSR count). The maximum absolute atomic E-state index is 4.63. The van der Waals surface area contributed by atoms with Crippen LogP contribution in [0.5, 0.6) is 0 Å². The second-order valence-corrected chi connectivity index (χ2v) is 6.28. The molecule has 1 unspecified atom stereocenters. The van der Waals surface area contributed by atoms with E-state index in [1.807, 2.05) is 10.7 Å². The van der Waals surface area contributed by atoms with Crippen molar-refractivity contribution in [3.8, 4) is 0 Å². The molecule has 0 aromatic carbocycles. The SMILES string of the molecule is CCC(C)CNc1nccn2nc(C(C)(C)C)cc12. The summed E-state index contributed by atoms with van der Waals surface area (Å²) >= 11 is 0. The molecule has 2 aromatic rings. The molecule has 1 atom stereocenters. The standard InChI is InChI=1S/C15H24N4/c1-6-11(2)10-17-14-12-9-13(15(3,4)5)18-19(12)8-7-16-14/h7-9,11H,6,10H2,1-5H3,(H,16,17). The summed E-state index contributed by atoms with van der Waals surface area (Å²) in [7, 11) is 0. The van der Waals surface area contributed by atoms with E-state index in [0.29, 0.717) is 5.92 Å². The Hall–Kier alpha value is -1.58. The normalized spacial score (nSPS) is 13.7. The molecule has 0 amide bonds. The molecule has 4 heteroatoms. The molecule has 1 N–H and O–H groups in total. The summed E-state index contributed by atoms with van der Waals surface area (Å²) in [6.45, 7) is 11.9. The number of fused-ring (bicyclic) bond motifs is 1. The molecule has 0 bridgehead atoms. The summed E-state index contributed by atoms with van der Waals surface area (Å²) in [5.41, 5.74) is 2.20. The van der Waals surface area contributed by atoms with Gasteiger partial charge < -0.3 is 5.32 Å². The zero-order valence-electron chi connectivity index (χ0n) is 12.6. The highest BCUT2D eigenvalue weighted by Crippen LogP contribution is 2.24. The van der Waals surface area contributed by atoms with Gasteiger partial charge in [0.2, 0.25) is 0 Å². The summed E-state index contributed by atoms with van der Waals surface area (Å²) in [5, 5.41) is 8.06. The molecule has 0 aliphatic rings. The van der Waals surface area contributed by atoms with Crippen LogP contribution in [0.2, 0.25) is 0 Å². The number of nitrogens with zero attached hydrogens (tertiary/aromatic N) is 3. The van der Waals surface area contributed by atoms with Gasteiger partial charge in [0.05, 0.1) is 5.69 Å². The number of aromatic nitrogens is 3. The fourth-order valence-corrected chi connectivity index (χ4v) is 1.84. The van der Waals surface area contributed by atoms with E-state index in [4.69, 9.17) is 0 Å². The lowest BCUT2D eigenvalue weighted by Gasteiger charge is -2.13. The molecule has 0 aliphatic heterocycles. The monoisotopic (exact) mass is 260 g/mol. The van der Waals surface area contributed by atoms with Crippen molar-refractivity contribution in [2.45, 2.75) is 46.5 Å². The van der Waals surface area contributed by atoms with Crippen LogP contribution in [-0.4, -0.2) is 21.1 Å². The van der Waals surface area contributed by atoms with Crippen LogP contribution in [0.3, 0.4) is 0 Å². The minimum Gasteiger partial charge on any atom is -0.368 e. The molecule has 2 heterocycles. The van der Waals surface area contributed by atoms with E-state index in [2.05, 4.69) is 56.1 Å². The van der Waals surface area contributed by atoms with Gasteiger partial charge in [-0.05, 0) is 12.0 Å². The summed E-state index contributed by atoms with van der Waals surface area (Å²) in [4.78, 5) is 4.44. The van der Waals surface area contributed by atoms with Crippen molar-refractivity contribution in [3.63, 3.8) is 0 Å². The Labute approximate surface area is 115 Å². The first kappa shape index (κ1) is 13.8. The van der Waals surface area contributed by atoms with E-state index in [0.717, 1.165) is 23.6 Å². The van der Waals surface area contributed by atoms with Crippen LogP contribution in [0.4, 0.5) is 5.82 Å². The van der Waals surface area contributed by atoms with Gasteiger partial charge in [-0.25, -0.2) is 9.50 Å². The Morgan fingerprint density at radius 3 is 2.74 bits per heavy atom. The van der Waals surface area contributed by atoms with Gasteiger partial charge in [-0.2, -0.15) is 5.10 Å². The lowest BCUT2D eigenvalue weighted by molar-refractivity contribution is 0.562. The summed E-state index contributed by atoms with van der Waals surface area (Å²) < 4.78 is 1.91. The second-order valence-electron chi connectivity index (χ2n) is 6.28. The zero-order valence-corrected chi connectivity index (χ0v) is 12.6. The van der Waals surface area contributed by atoms with Gasteiger partial charge in [0.1, 0.15) is 5.52 Å². The van der Waals surface area contributed by atoms with Crippen molar-refractivity contribution in [2.75, 3.05) is 11.9 Å². The van der Waals surface area contributed by atoms with Crippen LogP contribution in [0.15, 0.2) is 18.5 Å². The minimum absolute atomic E-state index is 0.0556. The predicted molar refractivity (Wildman–Crippen MR) is 79.6 cm³/mol. The molecule has 19 heavy (non-hydrogen) atoms. The fourth-order valence-electron chi connectivity index (χ4n) is 1.84. The van der Waals surface area contributed by atoms with Gasteiger partial charge in [-0.15, -0.1) is 0 Å². The Morgan fingerprint density at radius 1 is 1.37 bits per heavy atom. The third-order valence-electron chi connectivity index (χ3n) is 3.47. The van der Waals surface area contributed by atoms with Crippen molar-refractivity contribution < 1.29 is 0 Å². The molecule has 0 saturated carbocycles. The van der Waals surface area contributed by atoms with Crippen molar-refractivity contribution in [1.29, 1.82) is 0 Å². The molecule has 2 aromatic heterocycles. The highest BCUT2D eigenvalue weighted by molar-refractivity contribution is 5.68. The Morgan fingerprint density at radius 2 is 2.11 bits per heavy atom. The third kappa shape index (κ3) is 3.06. The van der Waals surface area contributed by atoms with Gasteiger partial charge in [0, 0.05) is 24.4 Å². The molecular weight excluding hydrogens is 236 g/mol. The van der Waals surface area contributed by atoms with Gasteiger partial charge in [0.25, 0.3) is 0 Å². The smallest absolute Gasteiger partial charge is 0.152 e. The summed E-state index contributed by atoms with van der Waals surface area (Å²) in [6, 6.07) is 2.13. The zero-order chi connectivity index (χ0) is 14.0. The van der Waals surface area contributed by atoms with Crippen LogP contribution in [0, 0.1) is 5.92 Å². The van der Waals surface area contributed by atoms with Crippen LogP contribution in [0.1, 0.15) is 46.7 Å². The number of hydrogen-bond acceptors (Lipinski definition) is 3. The average Bonchev–Trinajstić information content (AvgIpc) is 2.80. The molecule has 4 nitrogen and oxygen atoms in total. The van der Waals surface area contributed by atoms with E-state index >= 15 is 0 Å². The molecule has 0 aliphatic carbocycles. The third-order valence-corrected chi connectivity index (χ3v) is 3.47. The predicted octanol–water partition coefficient (Wildman–Crippen LogP) is 3.48. The first-order valence-electron chi connectivity index (χ1n) is 7.00. The second kappa shape index (κ2) is 5.19. The molecule has 0 fully saturated rings. The highest BCUT2D eigenvalue weighted by atomic mass is 15.2. The Balaban J connectivity index is 2.32. The van der Waals surface area contributed by atoms with E-state index in [9.17, 15) is 0 Å². The van der Waals surface area contributed by atoms with E-state index in [1.165, 1.54) is 6.42 Å². The maximum atomic E-state index is 4.63. The Kier molecular flexibility index (Phi) is 3.78. The number of rotatable bonds is 4. The largest absolute Gasteiger partial charge is 0.368 e. The molecule has 0 radical (unpaired) electrons. The topological polar surface area (TPSA) is 42.2 Å². The van der Waals surface area contributed by atoms with Crippen LogP contribution in [-0.2, 0) is 5.41 Å². The lowest BCUT2D eigenvalue weighted by atomic mass is 9.92. The van der Waals surface area contributed by atoms with E-state index in [-0.39, 0.29) is 5.41 Å². The first-order valence-corrected chi connectivity index (χ1v) is 7.00. The number of hydrogen-bond donors (Lipinski definition) is 1. The molecule has 0 saturated heterocycles. The quantitative estimate of drug-likeness (QED) is 0.915. The van der Waals surface area contributed by atoms with Gasteiger partial charge in [-0.1, -0.05) is 41.0 Å². The van der Waals surface area contributed by atoms with E-state index in [1.54, 1.807) is 6.20 Å². The van der Waals surface area contributed by atoms with Gasteiger partial charge >= 0.3 is 0 Å². The number of nitrogens with one attached hydrogen (secondary N) is 1. The Bertz CT molecular complexity index is 551. The van der Waals surface area contributed by atoms with Crippen LogP contribution in [0.25, 0.3) is 5.52 Å². The minimum atomic E-state index is 0.0556. The summed E-state index contributed by atoms with van der Waals surface area (Å²) in [6.07, 6.45) is 4.87. The maximum Gasteiger partial charge on any atom is 0.152 e. The average molecular weight is 260 g/mol. The van der Waals surface area contributed by atoms with Crippen LogP contribution >= 0.6 is 0 Å². The van der Waals surface area contributed by atoms with Gasteiger partial charge in [-0.3, -0.25) is 0 Å². The van der Waals surface area contributed by atoms with E-state index < -0.39 is 0 Å². The van der Waals surface area contributed by atoms with Crippen LogP contribution < -0.4 is 5.32 Å². The molecule has 104 valence electrons. The fraction of sp³-hybridized carbons (Fsp3) is 0.600. The van der Waals surface area contributed by atoms with Crippen molar-refractivity contribution >= 4 is 11.3 Å². The first-order chi connectivity index (χ1) is 8.91. The van der Waals surface area contributed by atoms with Gasteiger partial charge in [0.15, 0.2) is 5.82 Å². The highest BCUT2D eigenvalue weighted by Gasteiger charge is 2.19. The number of anilines is 1.